The lowest BCUT2D eigenvalue weighted by Gasteiger charge is -2.35. The van der Waals surface area contributed by atoms with Crippen molar-refractivity contribution in [1.82, 2.24) is 0 Å². The Kier molecular flexibility index (Phi) is 11.0. The summed E-state index contributed by atoms with van der Waals surface area (Å²) in [7, 11) is 0. The molecule has 0 fully saturated rings. The third kappa shape index (κ3) is 7.45. The van der Waals surface area contributed by atoms with Crippen LogP contribution in [0.25, 0.3) is 6.08 Å². The van der Waals surface area contributed by atoms with Gasteiger partial charge in [-0.25, -0.2) is 0 Å². The van der Waals surface area contributed by atoms with Gasteiger partial charge in [-0.3, -0.25) is 4.79 Å². The molecular formula is C32H46O5. The number of aryl methyl sites for hydroxylation is 3. The zero-order chi connectivity index (χ0) is 27.8. The maximum atomic E-state index is 10.8. The van der Waals surface area contributed by atoms with E-state index in [9.17, 15) is 15.0 Å². The molecule has 2 rings (SSSR count). The van der Waals surface area contributed by atoms with Crippen LogP contribution in [0.4, 0.5) is 0 Å². The molecule has 0 aliphatic heterocycles. The van der Waals surface area contributed by atoms with E-state index in [1.807, 2.05) is 39.8 Å². The quantitative estimate of drug-likeness (QED) is 0.258. The molecule has 0 spiro atoms. The molecule has 3 N–H and O–H groups in total. The molecule has 0 aliphatic rings. The predicted octanol–water partition coefficient (Wildman–Crippen LogP) is 6.89. The standard InChI is InChI=1S/C32H46O5/c1-8-31(36,9-2)17-16-25-12-13-26(18-22(25)5)32(10-3,11-4)27-19-23(6)30(24(7)20-27)37-21-28(33)14-15-29(34)35/h12-13,16-20,28,33,36H,8-11,14-15,21H2,1-7H3,(H,34,35)/b17-16+/t28-/m0/s1. The van der Waals surface area contributed by atoms with Gasteiger partial charge in [0.1, 0.15) is 12.4 Å². The zero-order valence-electron chi connectivity index (χ0n) is 23.7. The van der Waals surface area contributed by atoms with Gasteiger partial charge in [-0.15, -0.1) is 0 Å². The summed E-state index contributed by atoms with van der Waals surface area (Å²) in [5, 5.41) is 29.6. The second-order valence-electron chi connectivity index (χ2n) is 10.3. The summed E-state index contributed by atoms with van der Waals surface area (Å²) in [5.74, 6) is -0.177. The molecule has 0 unspecified atom stereocenters. The summed E-state index contributed by atoms with van der Waals surface area (Å²) in [6.45, 7) is 14.7. The number of carbonyl (C=O) groups is 1. The molecule has 0 heterocycles. The first-order valence-electron chi connectivity index (χ1n) is 13.6. The van der Waals surface area contributed by atoms with Crippen molar-refractivity contribution in [3.05, 3.63) is 69.8 Å². The van der Waals surface area contributed by atoms with E-state index >= 15 is 0 Å². The van der Waals surface area contributed by atoms with Gasteiger partial charge >= 0.3 is 5.97 Å². The lowest BCUT2D eigenvalue weighted by Crippen LogP contribution is -2.27. The van der Waals surface area contributed by atoms with Crippen LogP contribution in [-0.4, -0.2) is 39.6 Å². The van der Waals surface area contributed by atoms with Crippen molar-refractivity contribution in [2.75, 3.05) is 6.61 Å². The van der Waals surface area contributed by atoms with E-state index in [2.05, 4.69) is 51.1 Å². The Morgan fingerprint density at radius 2 is 1.49 bits per heavy atom. The average Bonchev–Trinajstić information content (AvgIpc) is 2.87. The van der Waals surface area contributed by atoms with Crippen LogP contribution in [0.2, 0.25) is 0 Å². The van der Waals surface area contributed by atoms with Gasteiger partial charge in [-0.1, -0.05) is 70.2 Å². The van der Waals surface area contributed by atoms with Crippen LogP contribution in [0, 0.1) is 20.8 Å². The zero-order valence-corrected chi connectivity index (χ0v) is 23.7. The summed E-state index contributed by atoms with van der Waals surface area (Å²) in [5.41, 5.74) is 5.87. The fraction of sp³-hybridized carbons (Fsp3) is 0.531. The number of rotatable bonds is 14. The van der Waals surface area contributed by atoms with Gasteiger partial charge in [0.05, 0.1) is 11.7 Å². The summed E-state index contributed by atoms with van der Waals surface area (Å²) >= 11 is 0. The number of benzene rings is 2. The monoisotopic (exact) mass is 510 g/mol. The van der Waals surface area contributed by atoms with Crippen molar-refractivity contribution in [3.8, 4) is 5.75 Å². The van der Waals surface area contributed by atoms with Crippen LogP contribution >= 0.6 is 0 Å². The van der Waals surface area contributed by atoms with E-state index in [1.165, 1.54) is 16.7 Å². The molecule has 2 aromatic carbocycles. The Morgan fingerprint density at radius 3 is 1.97 bits per heavy atom. The third-order valence-electron chi connectivity index (χ3n) is 7.95. The van der Waals surface area contributed by atoms with Gasteiger partial charge in [-0.05, 0) is 86.3 Å². The number of aliphatic hydroxyl groups is 2. The first-order chi connectivity index (χ1) is 17.4. The van der Waals surface area contributed by atoms with Gasteiger partial charge in [0.25, 0.3) is 0 Å². The molecule has 0 aromatic heterocycles. The normalized spacial score (nSPS) is 13.2. The topological polar surface area (TPSA) is 87.0 Å². The molecule has 0 radical (unpaired) electrons. The minimum absolute atomic E-state index is 0.0698. The van der Waals surface area contributed by atoms with Crippen LogP contribution in [0.1, 0.15) is 99.6 Å². The summed E-state index contributed by atoms with van der Waals surface area (Å²) in [4.78, 5) is 10.8. The largest absolute Gasteiger partial charge is 0.490 e. The molecule has 5 nitrogen and oxygen atoms in total. The summed E-state index contributed by atoms with van der Waals surface area (Å²) in [6.07, 6.45) is 6.48. The molecule has 0 aliphatic carbocycles. The highest BCUT2D eigenvalue weighted by Crippen LogP contribution is 2.42. The number of aliphatic carboxylic acids is 1. The smallest absolute Gasteiger partial charge is 0.303 e. The minimum atomic E-state index is -0.922. The van der Waals surface area contributed by atoms with Crippen molar-refractivity contribution in [2.45, 2.75) is 104 Å². The Balaban J connectivity index is 2.38. The molecule has 1 atom stereocenters. The molecule has 2 aromatic rings. The Morgan fingerprint density at radius 1 is 0.919 bits per heavy atom. The van der Waals surface area contributed by atoms with Crippen molar-refractivity contribution < 1.29 is 24.9 Å². The first kappa shape index (κ1) is 30.6. The first-order valence-corrected chi connectivity index (χ1v) is 13.6. The Hall–Kier alpha value is -2.63. The number of hydrogen-bond donors (Lipinski definition) is 3. The van der Waals surface area contributed by atoms with E-state index < -0.39 is 17.7 Å². The minimum Gasteiger partial charge on any atom is -0.490 e. The Labute approximate surface area is 223 Å². The summed E-state index contributed by atoms with van der Waals surface area (Å²) in [6, 6.07) is 11.0. The molecule has 0 saturated carbocycles. The van der Waals surface area contributed by atoms with Gasteiger partial charge in [0.2, 0.25) is 0 Å². The van der Waals surface area contributed by atoms with Crippen molar-refractivity contribution >= 4 is 12.0 Å². The van der Waals surface area contributed by atoms with E-state index in [0.717, 1.165) is 35.3 Å². The van der Waals surface area contributed by atoms with Crippen LogP contribution in [0.3, 0.4) is 0 Å². The second-order valence-corrected chi connectivity index (χ2v) is 10.3. The van der Waals surface area contributed by atoms with E-state index in [0.29, 0.717) is 12.8 Å². The van der Waals surface area contributed by atoms with E-state index in [-0.39, 0.29) is 24.9 Å². The Bertz CT molecular complexity index is 1050. The molecule has 0 saturated heterocycles. The maximum absolute atomic E-state index is 10.8. The lowest BCUT2D eigenvalue weighted by atomic mass is 9.69. The molecular weight excluding hydrogens is 464 g/mol. The van der Waals surface area contributed by atoms with Crippen molar-refractivity contribution in [1.29, 1.82) is 0 Å². The van der Waals surface area contributed by atoms with Crippen LogP contribution in [0.5, 0.6) is 5.75 Å². The second kappa shape index (κ2) is 13.3. The molecule has 0 bridgehead atoms. The molecule has 204 valence electrons. The SMILES string of the molecule is CCC(O)(/C=C/c1ccc(C(CC)(CC)c2cc(C)c(OC[C@@H](O)CCC(=O)O)c(C)c2)cc1C)CC. The fourth-order valence-corrected chi connectivity index (χ4v) is 5.13. The van der Waals surface area contributed by atoms with Crippen LogP contribution < -0.4 is 4.74 Å². The van der Waals surface area contributed by atoms with Gasteiger partial charge in [0, 0.05) is 11.8 Å². The van der Waals surface area contributed by atoms with Gasteiger partial charge < -0.3 is 20.1 Å². The van der Waals surface area contributed by atoms with Gasteiger partial charge in [-0.2, -0.15) is 0 Å². The van der Waals surface area contributed by atoms with E-state index in [4.69, 9.17) is 9.84 Å². The number of hydrogen-bond acceptors (Lipinski definition) is 4. The lowest BCUT2D eigenvalue weighted by molar-refractivity contribution is -0.137. The highest BCUT2D eigenvalue weighted by molar-refractivity contribution is 5.66. The van der Waals surface area contributed by atoms with Gasteiger partial charge in [0.15, 0.2) is 0 Å². The molecule has 0 amide bonds. The third-order valence-corrected chi connectivity index (χ3v) is 7.95. The van der Waals surface area contributed by atoms with E-state index in [1.54, 1.807) is 0 Å². The fourth-order valence-electron chi connectivity index (χ4n) is 5.13. The highest BCUT2D eigenvalue weighted by atomic mass is 16.5. The van der Waals surface area contributed by atoms with Crippen LogP contribution in [0.15, 0.2) is 36.4 Å². The highest BCUT2D eigenvalue weighted by Gasteiger charge is 2.32. The molecule has 37 heavy (non-hydrogen) atoms. The van der Waals surface area contributed by atoms with Crippen molar-refractivity contribution in [2.24, 2.45) is 0 Å². The molecule has 5 heteroatoms. The maximum Gasteiger partial charge on any atom is 0.303 e. The number of ether oxygens (including phenoxy) is 1. The van der Waals surface area contributed by atoms with Crippen molar-refractivity contribution in [3.63, 3.8) is 0 Å². The van der Waals surface area contributed by atoms with Crippen LogP contribution in [-0.2, 0) is 10.2 Å². The summed E-state index contributed by atoms with van der Waals surface area (Å²) < 4.78 is 5.94. The number of carboxylic acids is 1. The number of aliphatic hydroxyl groups excluding tert-OH is 1. The average molecular weight is 511 g/mol. The predicted molar refractivity (Wildman–Crippen MR) is 151 cm³/mol. The number of carboxylic acid groups (broad SMARTS) is 1.